The normalized spacial score (nSPS) is 20.7. The molecular formula is C18H20Cl2N2O3. The number of amides is 1. The average molecular weight is 383 g/mol. The zero-order chi connectivity index (χ0) is 18.0. The van der Waals surface area contributed by atoms with Crippen LogP contribution in [-0.4, -0.2) is 60.9 Å². The first-order chi connectivity index (χ1) is 12.0. The van der Waals surface area contributed by atoms with Gasteiger partial charge in [-0.05, 0) is 17.7 Å². The molecular weight excluding hydrogens is 363 g/mol. The number of hydrogen-bond donors (Lipinski definition) is 0. The highest BCUT2D eigenvalue weighted by Gasteiger charge is 2.29. The third kappa shape index (κ3) is 4.00. The van der Waals surface area contributed by atoms with Gasteiger partial charge in [-0.2, -0.15) is 0 Å². The van der Waals surface area contributed by atoms with Crippen molar-refractivity contribution in [3.63, 3.8) is 0 Å². The Hall–Kier alpha value is -1.56. The van der Waals surface area contributed by atoms with Crippen LogP contribution in [0, 0.1) is 0 Å². The zero-order valence-corrected chi connectivity index (χ0v) is 15.6. The summed E-state index contributed by atoms with van der Waals surface area (Å²) in [5.41, 5.74) is 2.32. The van der Waals surface area contributed by atoms with Crippen LogP contribution in [0.25, 0.3) is 5.70 Å². The van der Waals surface area contributed by atoms with Crippen LogP contribution in [0.3, 0.4) is 0 Å². The lowest BCUT2D eigenvalue weighted by atomic mass is 9.96. The molecule has 0 bridgehead atoms. The van der Waals surface area contributed by atoms with Gasteiger partial charge >= 0.3 is 0 Å². The number of likely N-dealkylation sites (tertiary alicyclic amines) is 1. The molecule has 0 spiro atoms. The van der Waals surface area contributed by atoms with Crippen molar-refractivity contribution >= 4 is 40.6 Å². The largest absolute Gasteiger partial charge is 0.378 e. The molecule has 0 atom stereocenters. The molecule has 1 aromatic rings. The predicted octanol–water partition coefficient (Wildman–Crippen LogP) is 2.86. The number of morpholine rings is 1. The van der Waals surface area contributed by atoms with E-state index < -0.39 is 0 Å². The maximum absolute atomic E-state index is 12.7. The summed E-state index contributed by atoms with van der Waals surface area (Å²) in [6.07, 6.45) is 0.337. The number of Topliss-reactive ketones (excluding diaryl/α,β-unsaturated/α-hetero) is 1. The molecule has 0 unspecified atom stereocenters. The van der Waals surface area contributed by atoms with Crippen molar-refractivity contribution in [1.29, 1.82) is 0 Å². The fourth-order valence-corrected chi connectivity index (χ4v) is 3.50. The number of ether oxygens (including phenoxy) is 1. The van der Waals surface area contributed by atoms with Gasteiger partial charge in [-0.25, -0.2) is 0 Å². The number of rotatable bonds is 2. The van der Waals surface area contributed by atoms with Gasteiger partial charge in [-0.15, -0.1) is 0 Å². The van der Waals surface area contributed by atoms with Gasteiger partial charge in [0.25, 0.3) is 0 Å². The summed E-state index contributed by atoms with van der Waals surface area (Å²) in [6, 6.07) is 5.38. The van der Waals surface area contributed by atoms with E-state index in [0.717, 1.165) is 11.3 Å². The Morgan fingerprint density at radius 2 is 1.80 bits per heavy atom. The van der Waals surface area contributed by atoms with Crippen molar-refractivity contribution < 1.29 is 14.3 Å². The fraction of sp³-hybridized carbons (Fsp3) is 0.444. The van der Waals surface area contributed by atoms with Gasteiger partial charge in [0.05, 0.1) is 35.5 Å². The second kappa shape index (κ2) is 7.77. The summed E-state index contributed by atoms with van der Waals surface area (Å²) >= 11 is 12.3. The van der Waals surface area contributed by atoms with Crippen LogP contribution >= 0.6 is 23.2 Å². The lowest BCUT2D eigenvalue weighted by Gasteiger charge is -2.36. The molecule has 5 nitrogen and oxygen atoms in total. The number of benzene rings is 1. The number of piperidine rings is 1. The summed E-state index contributed by atoms with van der Waals surface area (Å²) < 4.78 is 5.44. The topological polar surface area (TPSA) is 49.9 Å². The van der Waals surface area contributed by atoms with Gasteiger partial charge in [0.2, 0.25) is 5.91 Å². The molecule has 3 rings (SSSR count). The van der Waals surface area contributed by atoms with Crippen molar-refractivity contribution in [2.75, 3.05) is 39.4 Å². The van der Waals surface area contributed by atoms with Gasteiger partial charge in [0, 0.05) is 38.6 Å². The first kappa shape index (κ1) is 18.2. The van der Waals surface area contributed by atoms with E-state index in [1.54, 1.807) is 17.0 Å². The summed E-state index contributed by atoms with van der Waals surface area (Å²) in [5, 5.41) is 0.911. The molecule has 1 aromatic carbocycles. The third-order valence-corrected chi connectivity index (χ3v) is 5.28. The van der Waals surface area contributed by atoms with Crippen molar-refractivity contribution in [2.45, 2.75) is 13.3 Å². The van der Waals surface area contributed by atoms with Gasteiger partial charge in [-0.1, -0.05) is 29.3 Å². The Balaban J connectivity index is 2.09. The second-order valence-electron chi connectivity index (χ2n) is 6.17. The number of hydrogen-bond acceptors (Lipinski definition) is 4. The summed E-state index contributed by atoms with van der Waals surface area (Å²) in [6.45, 7) is 4.89. The minimum atomic E-state index is -0.0273. The van der Waals surface area contributed by atoms with Gasteiger partial charge in [-0.3, -0.25) is 9.59 Å². The third-order valence-electron chi connectivity index (χ3n) is 4.55. The lowest BCUT2D eigenvalue weighted by molar-refractivity contribution is -0.130. The molecule has 7 heteroatoms. The average Bonchev–Trinajstić information content (AvgIpc) is 2.60. The first-order valence-electron chi connectivity index (χ1n) is 8.27. The smallest absolute Gasteiger partial charge is 0.219 e. The van der Waals surface area contributed by atoms with E-state index in [-0.39, 0.29) is 11.7 Å². The summed E-state index contributed by atoms with van der Waals surface area (Å²) in [4.78, 5) is 28.3. The summed E-state index contributed by atoms with van der Waals surface area (Å²) in [5.74, 6) is 0.0468. The molecule has 0 aromatic heterocycles. The van der Waals surface area contributed by atoms with Crippen molar-refractivity contribution in [2.24, 2.45) is 0 Å². The standard InChI is InChI=1S/C18H20Cl2N2O3/c1-12(23)22-5-4-17(24)14(11-22)18(21-6-8-25-9-7-21)13-2-3-15(19)16(20)10-13/h2-3,10H,4-9,11H2,1H3/b18-14-. The molecule has 0 radical (unpaired) electrons. The highest BCUT2D eigenvalue weighted by molar-refractivity contribution is 6.42. The Kier molecular flexibility index (Phi) is 5.67. The van der Waals surface area contributed by atoms with Crippen molar-refractivity contribution in [3.05, 3.63) is 39.4 Å². The molecule has 0 saturated carbocycles. The van der Waals surface area contributed by atoms with Gasteiger partial charge < -0.3 is 14.5 Å². The SMILES string of the molecule is CC(=O)N1CCC(=O)/C(=C(/c2ccc(Cl)c(Cl)c2)N2CCOCC2)C1. The minimum Gasteiger partial charge on any atom is -0.378 e. The number of nitrogens with zero attached hydrogens (tertiary/aromatic N) is 2. The molecule has 2 aliphatic heterocycles. The zero-order valence-electron chi connectivity index (χ0n) is 14.1. The molecule has 2 aliphatic rings. The molecule has 2 heterocycles. The number of halogens is 2. The predicted molar refractivity (Wildman–Crippen MR) is 97.7 cm³/mol. The maximum atomic E-state index is 12.7. The highest BCUT2D eigenvalue weighted by Crippen LogP contribution is 2.32. The Labute approximate surface area is 157 Å². The van der Waals surface area contributed by atoms with E-state index in [9.17, 15) is 9.59 Å². The van der Waals surface area contributed by atoms with E-state index in [2.05, 4.69) is 4.90 Å². The van der Waals surface area contributed by atoms with Crippen LogP contribution in [0.15, 0.2) is 23.8 Å². The second-order valence-corrected chi connectivity index (χ2v) is 6.98. The van der Waals surface area contributed by atoms with Gasteiger partial charge in [0.15, 0.2) is 5.78 Å². The van der Waals surface area contributed by atoms with E-state index >= 15 is 0 Å². The Bertz CT molecular complexity index is 727. The highest BCUT2D eigenvalue weighted by atomic mass is 35.5. The maximum Gasteiger partial charge on any atom is 0.219 e. The van der Waals surface area contributed by atoms with Crippen molar-refractivity contribution in [1.82, 2.24) is 9.80 Å². The fourth-order valence-electron chi connectivity index (χ4n) is 3.20. The Morgan fingerprint density at radius 1 is 1.08 bits per heavy atom. The van der Waals surface area contributed by atoms with E-state index in [0.29, 0.717) is 61.4 Å². The molecule has 2 saturated heterocycles. The molecule has 0 N–H and O–H groups in total. The van der Waals surface area contributed by atoms with Crippen molar-refractivity contribution in [3.8, 4) is 0 Å². The van der Waals surface area contributed by atoms with Crippen LogP contribution in [-0.2, 0) is 14.3 Å². The number of carbonyl (C=O) groups excluding carboxylic acids is 2. The summed E-state index contributed by atoms with van der Waals surface area (Å²) in [7, 11) is 0. The molecule has 0 aliphatic carbocycles. The lowest BCUT2D eigenvalue weighted by Crippen LogP contribution is -2.42. The van der Waals surface area contributed by atoms with E-state index in [1.165, 1.54) is 6.92 Å². The first-order valence-corrected chi connectivity index (χ1v) is 9.03. The molecule has 134 valence electrons. The number of ketones is 1. The van der Waals surface area contributed by atoms with Crippen LogP contribution in [0.1, 0.15) is 18.9 Å². The quantitative estimate of drug-likeness (QED) is 0.737. The van der Waals surface area contributed by atoms with Crippen LogP contribution in [0.4, 0.5) is 0 Å². The van der Waals surface area contributed by atoms with Gasteiger partial charge in [0.1, 0.15) is 0 Å². The monoisotopic (exact) mass is 382 g/mol. The Morgan fingerprint density at radius 3 is 2.44 bits per heavy atom. The number of carbonyl (C=O) groups is 2. The molecule has 1 amide bonds. The molecule has 2 fully saturated rings. The van der Waals surface area contributed by atoms with E-state index in [4.69, 9.17) is 27.9 Å². The van der Waals surface area contributed by atoms with E-state index in [1.807, 2.05) is 6.07 Å². The van der Waals surface area contributed by atoms with Crippen LogP contribution in [0.2, 0.25) is 10.0 Å². The molecule has 25 heavy (non-hydrogen) atoms. The van der Waals surface area contributed by atoms with Crippen LogP contribution in [0.5, 0.6) is 0 Å². The van der Waals surface area contributed by atoms with Crippen LogP contribution < -0.4 is 0 Å². The minimum absolute atomic E-state index is 0.0273.